The van der Waals surface area contributed by atoms with Gasteiger partial charge < -0.3 is 15.4 Å². The van der Waals surface area contributed by atoms with E-state index in [1.54, 1.807) is 0 Å². The number of hydrogen-bond donors (Lipinski definition) is 2. The lowest BCUT2D eigenvalue weighted by atomic mass is 10.3. The van der Waals surface area contributed by atoms with Crippen molar-refractivity contribution in [2.75, 3.05) is 5.32 Å². The van der Waals surface area contributed by atoms with Crippen LogP contribution in [-0.4, -0.2) is 11.2 Å². The molecular weight excluding hydrogens is 348 g/mol. The molecule has 1 aliphatic carbocycles. The largest absolute Gasteiger partial charge is 0.457 e. The summed E-state index contributed by atoms with van der Waals surface area (Å²) >= 11 is 8.65. The van der Waals surface area contributed by atoms with Gasteiger partial charge in [0.2, 0.25) is 0 Å². The predicted molar refractivity (Wildman–Crippen MR) is 93.0 cm³/mol. The summed E-state index contributed by atoms with van der Waals surface area (Å²) in [7, 11) is 0. The molecule has 0 amide bonds. The average molecular weight is 363 g/mol. The number of thiocarbonyl (C=S) groups is 1. The number of halogens is 1. The van der Waals surface area contributed by atoms with Gasteiger partial charge in [-0.15, -0.1) is 0 Å². The van der Waals surface area contributed by atoms with Gasteiger partial charge in [-0.3, -0.25) is 0 Å². The van der Waals surface area contributed by atoms with Crippen LogP contribution < -0.4 is 15.4 Å². The second-order valence-electron chi connectivity index (χ2n) is 4.95. The molecule has 0 radical (unpaired) electrons. The molecule has 0 unspecified atom stereocenters. The molecule has 0 bridgehead atoms. The van der Waals surface area contributed by atoms with E-state index < -0.39 is 0 Å². The summed E-state index contributed by atoms with van der Waals surface area (Å²) < 4.78 is 6.80. The van der Waals surface area contributed by atoms with E-state index in [0.717, 1.165) is 21.7 Å². The summed E-state index contributed by atoms with van der Waals surface area (Å²) in [4.78, 5) is 0. The van der Waals surface area contributed by atoms with Crippen molar-refractivity contribution in [2.45, 2.75) is 18.9 Å². The third-order valence-electron chi connectivity index (χ3n) is 3.07. The Morgan fingerprint density at radius 2 is 1.57 bits per heavy atom. The zero-order valence-electron chi connectivity index (χ0n) is 11.3. The SMILES string of the molecule is S=C(Nc1ccc(Oc2ccc(Br)cc2)cc1)NC1CC1. The van der Waals surface area contributed by atoms with Crippen LogP contribution in [0.2, 0.25) is 0 Å². The number of rotatable bonds is 4. The zero-order chi connectivity index (χ0) is 14.7. The van der Waals surface area contributed by atoms with Crippen molar-refractivity contribution < 1.29 is 4.74 Å². The van der Waals surface area contributed by atoms with E-state index in [1.165, 1.54) is 12.8 Å². The Morgan fingerprint density at radius 3 is 2.14 bits per heavy atom. The average Bonchev–Trinajstić information content (AvgIpc) is 3.27. The van der Waals surface area contributed by atoms with E-state index in [9.17, 15) is 0 Å². The van der Waals surface area contributed by atoms with Crippen molar-refractivity contribution in [2.24, 2.45) is 0 Å². The summed E-state index contributed by atoms with van der Waals surface area (Å²) in [5, 5.41) is 7.10. The van der Waals surface area contributed by atoms with E-state index in [2.05, 4.69) is 26.6 Å². The fraction of sp³-hybridized carbons (Fsp3) is 0.188. The minimum atomic E-state index is 0.560. The van der Waals surface area contributed by atoms with Gasteiger partial charge in [0, 0.05) is 16.2 Å². The van der Waals surface area contributed by atoms with Crippen molar-refractivity contribution in [1.29, 1.82) is 0 Å². The standard InChI is InChI=1S/C16H15BrN2OS/c17-11-1-7-14(8-2-11)20-15-9-5-13(6-10-15)19-16(21)18-12-3-4-12/h1-2,5-10,12H,3-4H2,(H2,18,19,21). The molecule has 1 saturated carbocycles. The maximum absolute atomic E-state index is 5.77. The lowest BCUT2D eigenvalue weighted by molar-refractivity contribution is 0.482. The molecule has 2 aromatic carbocycles. The van der Waals surface area contributed by atoms with Gasteiger partial charge in [0.15, 0.2) is 5.11 Å². The minimum Gasteiger partial charge on any atom is -0.457 e. The van der Waals surface area contributed by atoms with Gasteiger partial charge in [0.05, 0.1) is 0 Å². The Labute approximate surface area is 137 Å². The molecule has 21 heavy (non-hydrogen) atoms. The summed E-state index contributed by atoms with van der Waals surface area (Å²) in [6, 6.07) is 16.1. The highest BCUT2D eigenvalue weighted by molar-refractivity contribution is 9.10. The highest BCUT2D eigenvalue weighted by Crippen LogP contribution is 2.24. The molecule has 0 aromatic heterocycles. The maximum Gasteiger partial charge on any atom is 0.170 e. The van der Waals surface area contributed by atoms with Gasteiger partial charge in [0.25, 0.3) is 0 Å². The number of hydrogen-bond acceptors (Lipinski definition) is 2. The number of anilines is 1. The lowest BCUT2D eigenvalue weighted by Gasteiger charge is -2.10. The molecule has 1 aliphatic rings. The number of nitrogens with one attached hydrogen (secondary N) is 2. The third-order valence-corrected chi connectivity index (χ3v) is 3.82. The van der Waals surface area contributed by atoms with Crippen LogP contribution in [0.5, 0.6) is 11.5 Å². The third kappa shape index (κ3) is 4.44. The molecule has 2 aromatic rings. The second-order valence-corrected chi connectivity index (χ2v) is 6.28. The molecule has 5 heteroatoms. The van der Waals surface area contributed by atoms with Crippen molar-refractivity contribution in [3.8, 4) is 11.5 Å². The van der Waals surface area contributed by atoms with E-state index in [4.69, 9.17) is 17.0 Å². The molecule has 0 saturated heterocycles. The summed E-state index contributed by atoms with van der Waals surface area (Å²) in [5.74, 6) is 1.61. The van der Waals surface area contributed by atoms with Crippen LogP contribution in [-0.2, 0) is 0 Å². The molecule has 0 aliphatic heterocycles. The van der Waals surface area contributed by atoms with Crippen LogP contribution in [0.4, 0.5) is 5.69 Å². The highest BCUT2D eigenvalue weighted by Gasteiger charge is 2.21. The Bertz CT molecular complexity index is 624. The van der Waals surface area contributed by atoms with Crippen LogP contribution in [0, 0.1) is 0 Å². The highest BCUT2D eigenvalue weighted by atomic mass is 79.9. The Kier molecular flexibility index (Phi) is 4.41. The molecule has 2 N–H and O–H groups in total. The van der Waals surface area contributed by atoms with Gasteiger partial charge in [-0.2, -0.15) is 0 Å². The Balaban J connectivity index is 1.58. The second kappa shape index (κ2) is 6.45. The smallest absolute Gasteiger partial charge is 0.170 e. The van der Waals surface area contributed by atoms with Crippen LogP contribution >= 0.6 is 28.1 Å². The maximum atomic E-state index is 5.77. The molecular formula is C16H15BrN2OS. The molecule has 0 spiro atoms. The van der Waals surface area contributed by atoms with Crippen molar-refractivity contribution in [1.82, 2.24) is 5.32 Å². The van der Waals surface area contributed by atoms with Crippen LogP contribution in [0.15, 0.2) is 53.0 Å². The number of ether oxygens (including phenoxy) is 1. The van der Waals surface area contributed by atoms with Gasteiger partial charge >= 0.3 is 0 Å². The topological polar surface area (TPSA) is 33.3 Å². The number of benzene rings is 2. The zero-order valence-corrected chi connectivity index (χ0v) is 13.7. The Morgan fingerprint density at radius 1 is 1.00 bits per heavy atom. The minimum absolute atomic E-state index is 0.560. The van der Waals surface area contributed by atoms with Crippen LogP contribution in [0.3, 0.4) is 0 Å². The van der Waals surface area contributed by atoms with E-state index in [1.807, 2.05) is 48.5 Å². The van der Waals surface area contributed by atoms with Gasteiger partial charge in [-0.05, 0) is 73.6 Å². The van der Waals surface area contributed by atoms with E-state index in [-0.39, 0.29) is 0 Å². The first-order chi connectivity index (χ1) is 10.2. The van der Waals surface area contributed by atoms with Gasteiger partial charge in [-0.1, -0.05) is 15.9 Å². The van der Waals surface area contributed by atoms with Crippen molar-refractivity contribution in [3.05, 3.63) is 53.0 Å². The van der Waals surface area contributed by atoms with Crippen molar-refractivity contribution >= 4 is 38.9 Å². The summed E-state index contributed by atoms with van der Waals surface area (Å²) in [6.07, 6.45) is 2.42. The first kappa shape index (κ1) is 14.4. The molecule has 1 fully saturated rings. The summed E-state index contributed by atoms with van der Waals surface area (Å²) in [6.45, 7) is 0. The fourth-order valence-corrected chi connectivity index (χ4v) is 2.37. The van der Waals surface area contributed by atoms with Crippen LogP contribution in [0.1, 0.15) is 12.8 Å². The van der Waals surface area contributed by atoms with E-state index >= 15 is 0 Å². The van der Waals surface area contributed by atoms with Gasteiger partial charge in [-0.25, -0.2) is 0 Å². The molecule has 0 heterocycles. The molecule has 0 atom stereocenters. The summed E-state index contributed by atoms with van der Waals surface area (Å²) in [5.41, 5.74) is 0.955. The molecule has 3 nitrogen and oxygen atoms in total. The normalized spacial score (nSPS) is 13.6. The first-order valence-corrected chi connectivity index (χ1v) is 8.00. The molecule has 3 rings (SSSR count). The van der Waals surface area contributed by atoms with Gasteiger partial charge in [0.1, 0.15) is 11.5 Å². The van der Waals surface area contributed by atoms with E-state index in [0.29, 0.717) is 11.2 Å². The fourth-order valence-electron chi connectivity index (χ4n) is 1.83. The van der Waals surface area contributed by atoms with Crippen LogP contribution in [0.25, 0.3) is 0 Å². The Hall–Kier alpha value is -1.59. The quantitative estimate of drug-likeness (QED) is 0.773. The lowest BCUT2D eigenvalue weighted by Crippen LogP contribution is -2.30. The monoisotopic (exact) mass is 362 g/mol. The predicted octanol–water partition coefficient (Wildman–Crippen LogP) is 4.69. The van der Waals surface area contributed by atoms with Crippen molar-refractivity contribution in [3.63, 3.8) is 0 Å². The molecule has 108 valence electrons. The first-order valence-electron chi connectivity index (χ1n) is 6.80.